The third-order valence-corrected chi connectivity index (χ3v) is 7.05. The fraction of sp³-hybridized carbons (Fsp3) is 0.333. The summed E-state index contributed by atoms with van der Waals surface area (Å²) < 4.78 is 41.4. The summed E-state index contributed by atoms with van der Waals surface area (Å²) in [7, 11) is 0. The predicted molar refractivity (Wildman–Crippen MR) is 117 cm³/mol. The minimum Gasteiger partial charge on any atom is -0.490 e. The largest absolute Gasteiger partial charge is 0.490 e. The Kier molecular flexibility index (Phi) is 7.07. The summed E-state index contributed by atoms with van der Waals surface area (Å²) in [4.78, 5) is 4.08. The maximum atomic E-state index is 14.5. The molecular weight excluding hydrogens is 448 g/mol. The number of nitrogens with one attached hydrogen (secondary N) is 1. The maximum absolute atomic E-state index is 14.5. The zero-order valence-electron chi connectivity index (χ0n) is 16.0. The van der Waals surface area contributed by atoms with Crippen LogP contribution in [0.15, 0.2) is 47.6 Å². The van der Waals surface area contributed by atoms with Crippen molar-refractivity contribution in [2.24, 2.45) is 5.92 Å². The van der Waals surface area contributed by atoms with E-state index in [1.165, 1.54) is 11.9 Å². The van der Waals surface area contributed by atoms with Crippen LogP contribution in [-0.2, 0) is 0 Å². The summed E-state index contributed by atoms with van der Waals surface area (Å²) in [5, 5.41) is 1.23. The summed E-state index contributed by atoms with van der Waals surface area (Å²) in [5.41, 5.74) is 1.22. The van der Waals surface area contributed by atoms with Gasteiger partial charge >= 0.3 is 0 Å². The van der Waals surface area contributed by atoms with Crippen LogP contribution in [0.3, 0.4) is 0 Å². The topological polar surface area (TPSA) is 47.0 Å². The van der Waals surface area contributed by atoms with Gasteiger partial charge in [-0.3, -0.25) is 0 Å². The molecule has 1 N–H and O–H groups in total. The third kappa shape index (κ3) is 5.22. The first-order chi connectivity index (χ1) is 14.6. The van der Waals surface area contributed by atoms with Crippen molar-refractivity contribution in [3.05, 3.63) is 64.9 Å². The van der Waals surface area contributed by atoms with Crippen LogP contribution in [0, 0.1) is 17.6 Å². The van der Waals surface area contributed by atoms with E-state index in [9.17, 15) is 8.78 Å². The van der Waals surface area contributed by atoms with Crippen LogP contribution in [0.25, 0.3) is 0 Å². The third-order valence-electron chi connectivity index (χ3n) is 5.26. The molecule has 1 aliphatic rings. The van der Waals surface area contributed by atoms with Gasteiger partial charge in [0.15, 0.2) is 11.6 Å². The minimum atomic E-state index is -0.586. The van der Waals surface area contributed by atoms with Gasteiger partial charge in [-0.1, -0.05) is 36.6 Å². The maximum Gasteiger partial charge on any atom is 0.212 e. The number of anilines is 1. The molecule has 1 unspecified atom stereocenters. The Morgan fingerprint density at radius 3 is 2.70 bits per heavy atom. The highest BCUT2D eigenvalue weighted by atomic mass is 35.5. The lowest BCUT2D eigenvalue weighted by Gasteiger charge is -2.32. The molecule has 1 fully saturated rings. The van der Waals surface area contributed by atoms with E-state index in [0.29, 0.717) is 22.7 Å². The average Bonchev–Trinajstić information content (AvgIpc) is 3.27. The molecule has 1 aromatic heterocycles. The molecule has 0 aliphatic heterocycles. The van der Waals surface area contributed by atoms with E-state index in [1.807, 2.05) is 24.3 Å². The number of benzene rings is 2. The van der Waals surface area contributed by atoms with Gasteiger partial charge in [0.05, 0.1) is 11.5 Å². The van der Waals surface area contributed by atoms with E-state index >= 15 is 0 Å². The number of rotatable bonds is 7. The van der Waals surface area contributed by atoms with Crippen molar-refractivity contribution in [2.75, 3.05) is 11.3 Å². The first-order valence-electron chi connectivity index (χ1n) is 9.67. The molecular formula is C21H20ClF2N3OS2. The lowest BCUT2D eigenvalue weighted by Crippen LogP contribution is -2.24. The number of hydrogen-bond donors (Lipinski definition) is 1. The fourth-order valence-electron chi connectivity index (χ4n) is 3.77. The van der Waals surface area contributed by atoms with Gasteiger partial charge in [0.25, 0.3) is 0 Å². The van der Waals surface area contributed by atoms with E-state index < -0.39 is 11.6 Å². The molecule has 4 nitrogen and oxygen atoms in total. The van der Waals surface area contributed by atoms with E-state index in [-0.39, 0.29) is 16.6 Å². The highest BCUT2D eigenvalue weighted by Gasteiger charge is 2.27. The van der Waals surface area contributed by atoms with Crippen LogP contribution >= 0.6 is 35.1 Å². The summed E-state index contributed by atoms with van der Waals surface area (Å²) in [6.07, 6.45) is 5.71. The SMILES string of the molecule is Fc1cc(SNc2ncns2)c(F)cc1OC[C@@H]1CCCCC1c1ccc(Cl)cc1. The van der Waals surface area contributed by atoms with Gasteiger partial charge in [0, 0.05) is 22.6 Å². The van der Waals surface area contributed by atoms with Crippen LogP contribution in [0.1, 0.15) is 37.2 Å². The molecule has 2 aromatic carbocycles. The summed E-state index contributed by atoms with van der Waals surface area (Å²) in [6, 6.07) is 10.1. The number of nitrogens with zero attached hydrogens (tertiary/aromatic N) is 2. The quantitative estimate of drug-likeness (QED) is 0.381. The van der Waals surface area contributed by atoms with Crippen molar-refractivity contribution >= 4 is 40.2 Å². The van der Waals surface area contributed by atoms with Crippen molar-refractivity contribution in [1.82, 2.24) is 9.36 Å². The molecule has 0 saturated heterocycles. The Morgan fingerprint density at radius 2 is 1.93 bits per heavy atom. The number of halogens is 3. The smallest absolute Gasteiger partial charge is 0.212 e. The molecule has 0 amide bonds. The van der Waals surface area contributed by atoms with E-state index in [0.717, 1.165) is 61.3 Å². The highest BCUT2D eigenvalue weighted by molar-refractivity contribution is 8.00. The molecule has 1 aliphatic carbocycles. The lowest BCUT2D eigenvalue weighted by molar-refractivity contribution is 0.180. The Balaban J connectivity index is 1.41. The number of hydrogen-bond acceptors (Lipinski definition) is 6. The van der Waals surface area contributed by atoms with E-state index in [2.05, 4.69) is 14.1 Å². The number of aromatic nitrogens is 2. The average molecular weight is 468 g/mol. The second-order valence-electron chi connectivity index (χ2n) is 7.18. The van der Waals surface area contributed by atoms with Crippen molar-refractivity contribution in [3.63, 3.8) is 0 Å². The van der Waals surface area contributed by atoms with E-state index in [4.69, 9.17) is 16.3 Å². The molecule has 1 heterocycles. The van der Waals surface area contributed by atoms with Crippen molar-refractivity contribution in [1.29, 1.82) is 0 Å². The molecule has 158 valence electrons. The monoisotopic (exact) mass is 467 g/mol. The first-order valence-corrected chi connectivity index (χ1v) is 11.6. The van der Waals surface area contributed by atoms with Crippen LogP contribution < -0.4 is 9.46 Å². The zero-order valence-corrected chi connectivity index (χ0v) is 18.4. The van der Waals surface area contributed by atoms with E-state index in [1.54, 1.807) is 0 Å². The van der Waals surface area contributed by atoms with Crippen molar-refractivity contribution < 1.29 is 13.5 Å². The van der Waals surface area contributed by atoms with Gasteiger partial charge < -0.3 is 9.46 Å². The van der Waals surface area contributed by atoms with Gasteiger partial charge in [-0.25, -0.2) is 13.8 Å². The Morgan fingerprint density at radius 1 is 1.13 bits per heavy atom. The van der Waals surface area contributed by atoms with Crippen molar-refractivity contribution in [2.45, 2.75) is 36.5 Å². The predicted octanol–water partition coefficient (Wildman–Crippen LogP) is 6.94. The van der Waals surface area contributed by atoms with Crippen LogP contribution in [-0.4, -0.2) is 16.0 Å². The molecule has 4 rings (SSSR count). The first kappa shape index (κ1) is 21.3. The van der Waals surface area contributed by atoms with Crippen molar-refractivity contribution in [3.8, 4) is 5.75 Å². The van der Waals surface area contributed by atoms with Gasteiger partial charge in [-0.05, 0) is 60.4 Å². The summed E-state index contributed by atoms with van der Waals surface area (Å²) in [6.45, 7) is 0.346. The molecule has 0 radical (unpaired) electrons. The Bertz CT molecular complexity index is 973. The minimum absolute atomic E-state index is 0.0619. The molecule has 9 heteroatoms. The highest BCUT2D eigenvalue weighted by Crippen LogP contribution is 2.39. The summed E-state index contributed by atoms with van der Waals surface area (Å²) in [5.74, 6) is -0.623. The normalized spacial score (nSPS) is 18.9. The Hall–Kier alpha value is -1.90. The second kappa shape index (κ2) is 9.94. The number of ether oxygens (including phenoxy) is 1. The standard InChI is InChI=1S/C21H20ClF2N3OS2/c22-15-7-5-13(6-8-15)16-4-2-1-3-14(16)11-28-19-9-18(24)20(10-17(19)23)29-27-21-25-12-26-30-21/h5-10,12,14,16H,1-4,11H2,(H,25,26,27)/t14-,16?/m0/s1. The lowest BCUT2D eigenvalue weighted by atomic mass is 9.76. The molecule has 0 bridgehead atoms. The van der Waals surface area contributed by atoms with Crippen LogP contribution in [0.4, 0.5) is 13.9 Å². The molecule has 1 saturated carbocycles. The molecule has 0 spiro atoms. The van der Waals surface area contributed by atoms with Gasteiger partial charge in [-0.15, -0.1) is 0 Å². The van der Waals surface area contributed by atoms with Gasteiger partial charge in [0.1, 0.15) is 12.1 Å². The van der Waals surface area contributed by atoms with Crippen LogP contribution in [0.5, 0.6) is 5.75 Å². The summed E-state index contributed by atoms with van der Waals surface area (Å²) >= 11 is 8.10. The van der Waals surface area contributed by atoms with Crippen LogP contribution in [0.2, 0.25) is 5.02 Å². The van der Waals surface area contributed by atoms with Gasteiger partial charge in [-0.2, -0.15) is 4.37 Å². The molecule has 2 atom stereocenters. The molecule has 3 aromatic rings. The molecule has 30 heavy (non-hydrogen) atoms. The second-order valence-corrected chi connectivity index (χ2v) is 9.24. The van der Waals surface area contributed by atoms with Gasteiger partial charge in [0.2, 0.25) is 5.13 Å². The Labute approximate surface area is 187 Å². The zero-order chi connectivity index (χ0) is 20.9. The fourth-order valence-corrected chi connectivity index (χ4v) is 5.03.